The van der Waals surface area contributed by atoms with Gasteiger partial charge in [-0.3, -0.25) is 19.7 Å². The molecule has 8 heteroatoms. The number of hydrogen-bond donors (Lipinski definition) is 1. The van der Waals surface area contributed by atoms with Crippen LogP contribution in [0.3, 0.4) is 0 Å². The molecule has 1 fully saturated rings. The summed E-state index contributed by atoms with van der Waals surface area (Å²) in [7, 11) is 0. The highest BCUT2D eigenvalue weighted by molar-refractivity contribution is 8.00. The molecule has 0 saturated carbocycles. The van der Waals surface area contributed by atoms with Gasteiger partial charge in [0.2, 0.25) is 5.91 Å². The quantitative estimate of drug-likeness (QED) is 0.497. The Hall–Kier alpha value is -2.09. The van der Waals surface area contributed by atoms with E-state index in [1.165, 1.54) is 23.9 Å². The lowest BCUT2D eigenvalue weighted by atomic mass is 9.93. The molecule has 1 N–H and O–H groups in total. The molecular formula is C16H20N2O5S. The second-order valence-electron chi connectivity index (χ2n) is 5.96. The number of hydrogen-bond acceptors (Lipinski definition) is 5. The number of benzene rings is 1. The van der Waals surface area contributed by atoms with Crippen molar-refractivity contribution in [1.29, 1.82) is 0 Å². The van der Waals surface area contributed by atoms with E-state index in [9.17, 15) is 24.8 Å². The first-order valence-electron chi connectivity index (χ1n) is 7.74. The molecule has 24 heavy (non-hydrogen) atoms. The number of aliphatic carboxylic acids is 1. The van der Waals surface area contributed by atoms with E-state index in [1.807, 2.05) is 6.92 Å². The number of amides is 1. The number of thioether (sulfide) groups is 1. The van der Waals surface area contributed by atoms with Crippen LogP contribution in [0.1, 0.15) is 26.7 Å². The lowest BCUT2D eigenvalue weighted by Crippen LogP contribution is -2.49. The van der Waals surface area contributed by atoms with Gasteiger partial charge in [0.05, 0.1) is 16.1 Å². The summed E-state index contributed by atoms with van der Waals surface area (Å²) >= 11 is 1.32. The maximum absolute atomic E-state index is 12.7. The fraction of sp³-hybridized carbons (Fsp3) is 0.500. The van der Waals surface area contributed by atoms with Gasteiger partial charge in [0.15, 0.2) is 0 Å². The first-order chi connectivity index (χ1) is 11.3. The number of nitro groups is 1. The van der Waals surface area contributed by atoms with Crippen LogP contribution in [-0.4, -0.2) is 44.6 Å². The van der Waals surface area contributed by atoms with E-state index in [-0.39, 0.29) is 29.4 Å². The number of nitrogens with zero attached hydrogens (tertiary/aromatic N) is 2. The first-order valence-corrected chi connectivity index (χ1v) is 8.62. The van der Waals surface area contributed by atoms with Crippen molar-refractivity contribution in [3.8, 4) is 0 Å². The Balaban J connectivity index is 2.02. The topological polar surface area (TPSA) is 101 Å². The predicted molar refractivity (Wildman–Crippen MR) is 90.0 cm³/mol. The van der Waals surface area contributed by atoms with Gasteiger partial charge in [0, 0.05) is 29.6 Å². The van der Waals surface area contributed by atoms with Crippen molar-refractivity contribution in [2.45, 2.75) is 42.9 Å². The third-order valence-corrected chi connectivity index (χ3v) is 5.32. The zero-order chi connectivity index (χ0) is 17.9. The molecule has 0 aromatic heterocycles. The molecule has 0 radical (unpaired) electrons. The van der Waals surface area contributed by atoms with Crippen LogP contribution in [0.25, 0.3) is 0 Å². The molecule has 3 atom stereocenters. The van der Waals surface area contributed by atoms with Crippen molar-refractivity contribution >= 4 is 29.3 Å². The summed E-state index contributed by atoms with van der Waals surface area (Å²) in [5, 5.41) is 19.4. The Morgan fingerprint density at radius 3 is 2.50 bits per heavy atom. The van der Waals surface area contributed by atoms with E-state index in [1.54, 1.807) is 24.0 Å². The fourth-order valence-electron chi connectivity index (χ4n) is 2.75. The van der Waals surface area contributed by atoms with Crippen LogP contribution in [0.15, 0.2) is 29.2 Å². The van der Waals surface area contributed by atoms with Gasteiger partial charge >= 0.3 is 5.97 Å². The number of carbonyl (C=O) groups excluding carboxylic acids is 1. The van der Waals surface area contributed by atoms with Crippen LogP contribution in [-0.2, 0) is 9.59 Å². The summed E-state index contributed by atoms with van der Waals surface area (Å²) in [5.41, 5.74) is 0.00674. The molecule has 1 aromatic rings. The molecule has 0 aliphatic carbocycles. The SMILES string of the molecule is CC(Sc1ccc([N+](=O)[O-])cc1)C(=O)N1CC(C(=O)O)CCC1C. The van der Waals surface area contributed by atoms with Crippen LogP contribution in [0.4, 0.5) is 5.69 Å². The molecular weight excluding hydrogens is 332 g/mol. The van der Waals surface area contributed by atoms with Gasteiger partial charge in [0.1, 0.15) is 0 Å². The molecule has 0 spiro atoms. The number of carbonyl (C=O) groups is 2. The summed E-state index contributed by atoms with van der Waals surface area (Å²) in [4.78, 5) is 36.4. The number of carboxylic acid groups (broad SMARTS) is 1. The van der Waals surface area contributed by atoms with E-state index in [0.717, 1.165) is 4.90 Å². The summed E-state index contributed by atoms with van der Waals surface area (Å²) in [5.74, 6) is -1.48. The maximum atomic E-state index is 12.7. The zero-order valence-corrected chi connectivity index (χ0v) is 14.4. The molecule has 2 rings (SSSR count). The Labute approximate surface area is 144 Å². The van der Waals surface area contributed by atoms with Gasteiger partial charge in [-0.25, -0.2) is 0 Å². The van der Waals surface area contributed by atoms with Crippen molar-refractivity contribution < 1.29 is 19.6 Å². The van der Waals surface area contributed by atoms with Crippen LogP contribution in [0.2, 0.25) is 0 Å². The monoisotopic (exact) mass is 352 g/mol. The third kappa shape index (κ3) is 4.25. The molecule has 1 saturated heterocycles. The summed E-state index contributed by atoms with van der Waals surface area (Å²) in [6.45, 7) is 3.94. The molecule has 1 aliphatic heterocycles. The summed E-state index contributed by atoms with van der Waals surface area (Å²) in [6.07, 6.45) is 1.27. The first kappa shape index (κ1) is 18.3. The summed E-state index contributed by atoms with van der Waals surface area (Å²) < 4.78 is 0. The van der Waals surface area contributed by atoms with Crippen LogP contribution < -0.4 is 0 Å². The molecule has 0 bridgehead atoms. The van der Waals surface area contributed by atoms with Gasteiger partial charge in [-0.1, -0.05) is 0 Å². The minimum absolute atomic E-state index is 0.00674. The lowest BCUT2D eigenvalue weighted by molar-refractivity contribution is -0.384. The molecule has 7 nitrogen and oxygen atoms in total. The van der Waals surface area contributed by atoms with Gasteiger partial charge in [0.25, 0.3) is 5.69 Å². The fourth-order valence-corrected chi connectivity index (χ4v) is 3.69. The normalized spacial score (nSPS) is 22.0. The van der Waals surface area contributed by atoms with Crippen LogP contribution >= 0.6 is 11.8 Å². The van der Waals surface area contributed by atoms with E-state index >= 15 is 0 Å². The third-order valence-electron chi connectivity index (χ3n) is 4.22. The van der Waals surface area contributed by atoms with Gasteiger partial charge in [-0.05, 0) is 38.8 Å². The zero-order valence-electron chi connectivity index (χ0n) is 13.5. The highest BCUT2D eigenvalue weighted by Gasteiger charge is 2.34. The Bertz CT molecular complexity index is 634. The molecule has 1 aromatic carbocycles. The molecule has 1 heterocycles. The van der Waals surface area contributed by atoms with Crippen molar-refractivity contribution in [3.05, 3.63) is 34.4 Å². The molecule has 1 amide bonds. The number of piperidine rings is 1. The van der Waals surface area contributed by atoms with E-state index in [2.05, 4.69) is 0 Å². The number of rotatable bonds is 5. The average Bonchev–Trinajstić information content (AvgIpc) is 2.54. The number of likely N-dealkylation sites (tertiary alicyclic amines) is 1. The minimum atomic E-state index is -0.865. The van der Waals surface area contributed by atoms with Crippen molar-refractivity contribution in [2.24, 2.45) is 5.92 Å². The lowest BCUT2D eigenvalue weighted by Gasteiger charge is -2.37. The van der Waals surface area contributed by atoms with Gasteiger partial charge < -0.3 is 10.0 Å². The maximum Gasteiger partial charge on any atom is 0.308 e. The van der Waals surface area contributed by atoms with E-state index < -0.39 is 16.8 Å². The van der Waals surface area contributed by atoms with Crippen LogP contribution in [0.5, 0.6) is 0 Å². The molecule has 1 aliphatic rings. The van der Waals surface area contributed by atoms with Crippen molar-refractivity contribution in [2.75, 3.05) is 6.54 Å². The standard InChI is InChI=1S/C16H20N2O5S/c1-10-3-4-12(16(20)21)9-17(10)15(19)11(2)24-14-7-5-13(6-8-14)18(22)23/h5-8,10-12H,3-4,9H2,1-2H3,(H,20,21). The number of non-ortho nitro benzene ring substituents is 1. The minimum Gasteiger partial charge on any atom is -0.481 e. The van der Waals surface area contributed by atoms with Crippen LogP contribution in [0, 0.1) is 16.0 Å². The molecule has 130 valence electrons. The number of nitro benzene ring substituents is 1. The molecule has 3 unspecified atom stereocenters. The summed E-state index contributed by atoms with van der Waals surface area (Å²) in [6, 6.07) is 6.07. The largest absolute Gasteiger partial charge is 0.481 e. The second kappa shape index (κ2) is 7.65. The highest BCUT2D eigenvalue weighted by atomic mass is 32.2. The second-order valence-corrected chi connectivity index (χ2v) is 7.38. The van der Waals surface area contributed by atoms with Crippen molar-refractivity contribution in [3.63, 3.8) is 0 Å². The number of carboxylic acids is 1. The predicted octanol–water partition coefficient (Wildman–Crippen LogP) is 2.79. The smallest absolute Gasteiger partial charge is 0.308 e. The Morgan fingerprint density at radius 1 is 1.33 bits per heavy atom. The highest BCUT2D eigenvalue weighted by Crippen LogP contribution is 2.29. The van der Waals surface area contributed by atoms with Gasteiger partial charge in [-0.15, -0.1) is 11.8 Å². The Morgan fingerprint density at radius 2 is 1.96 bits per heavy atom. The van der Waals surface area contributed by atoms with E-state index in [4.69, 9.17) is 0 Å². The van der Waals surface area contributed by atoms with E-state index in [0.29, 0.717) is 12.8 Å². The average molecular weight is 352 g/mol. The van der Waals surface area contributed by atoms with Gasteiger partial charge in [-0.2, -0.15) is 0 Å². The van der Waals surface area contributed by atoms with Crippen molar-refractivity contribution in [1.82, 2.24) is 4.90 Å². The Kier molecular flexibility index (Phi) is 5.82.